The van der Waals surface area contributed by atoms with Crippen LogP contribution in [0.3, 0.4) is 0 Å². The molecule has 1 aliphatic heterocycles. The molecule has 0 fully saturated rings. The van der Waals surface area contributed by atoms with Crippen LogP contribution in [-0.4, -0.2) is 38.5 Å². The number of hydrogen-bond acceptors (Lipinski definition) is 8. The van der Waals surface area contributed by atoms with Crippen molar-refractivity contribution in [3.63, 3.8) is 0 Å². The predicted octanol–water partition coefficient (Wildman–Crippen LogP) is 4.44. The van der Waals surface area contributed by atoms with E-state index in [-0.39, 0.29) is 25.4 Å². The van der Waals surface area contributed by atoms with Gasteiger partial charge in [0.15, 0.2) is 11.9 Å². The Balaban J connectivity index is 0.000000556. The number of carbonyl (C=O) groups excluding carboxylic acids is 1. The molecular weight excluding hydrogens is 527 g/mol. The zero-order valence-electron chi connectivity index (χ0n) is 18.8. The van der Waals surface area contributed by atoms with Crippen LogP contribution >= 0.6 is 30.5 Å². The van der Waals surface area contributed by atoms with Gasteiger partial charge in [0.2, 0.25) is 5.76 Å². The van der Waals surface area contributed by atoms with Crippen molar-refractivity contribution in [1.82, 2.24) is 0 Å². The highest BCUT2D eigenvalue weighted by Gasteiger charge is 2.37. The lowest BCUT2D eigenvalue weighted by Gasteiger charge is -2.14. The fraction of sp³-hybridized carbons (Fsp3) is 0.208. The number of phosphoric acid groups is 1. The first-order valence-electron chi connectivity index (χ1n) is 10.7. The second kappa shape index (κ2) is 11.5. The van der Waals surface area contributed by atoms with Crippen LogP contribution in [0.5, 0.6) is 0 Å². The second-order valence-corrected chi connectivity index (χ2v) is 10.6. The van der Waals surface area contributed by atoms with Crippen LogP contribution in [-0.2, 0) is 36.8 Å². The number of cyclic esters (lactones) is 1. The highest BCUT2D eigenvalue weighted by atomic mass is 32.1. The van der Waals surface area contributed by atoms with E-state index < -0.39 is 19.9 Å². The fourth-order valence-corrected chi connectivity index (χ4v) is 5.52. The summed E-state index contributed by atoms with van der Waals surface area (Å²) in [5.74, 6) is -0.113. The summed E-state index contributed by atoms with van der Waals surface area (Å²) in [6.07, 6.45) is -0.384. The fourth-order valence-electron chi connectivity index (χ4n) is 3.72. The number of carbonyl (C=O) groups is 1. The lowest BCUT2D eigenvalue weighted by atomic mass is 10.1. The molecule has 0 spiro atoms. The van der Waals surface area contributed by atoms with Crippen molar-refractivity contribution < 1.29 is 43.4 Å². The third-order valence-corrected chi connectivity index (χ3v) is 7.23. The van der Waals surface area contributed by atoms with E-state index in [4.69, 9.17) is 33.5 Å². The predicted molar refractivity (Wildman–Crippen MR) is 136 cm³/mol. The van der Waals surface area contributed by atoms with Crippen LogP contribution in [0.15, 0.2) is 70.8 Å². The summed E-state index contributed by atoms with van der Waals surface area (Å²) in [6.45, 7) is 0.410. The van der Waals surface area contributed by atoms with E-state index in [1.165, 1.54) is 0 Å². The summed E-state index contributed by atoms with van der Waals surface area (Å²) < 4.78 is 28.6. The Morgan fingerprint density at radius 3 is 1.92 bits per heavy atom. The van der Waals surface area contributed by atoms with Crippen LogP contribution < -0.4 is 0 Å². The molecule has 4 N–H and O–H groups in total. The molecule has 0 aliphatic carbocycles. The number of ether oxygens (including phenoxy) is 3. The molecule has 1 aliphatic rings. The zero-order chi connectivity index (χ0) is 25.7. The monoisotopic (exact) mass is 550 g/mol. The quantitative estimate of drug-likeness (QED) is 0.185. The number of benzene rings is 2. The maximum absolute atomic E-state index is 12.5. The van der Waals surface area contributed by atoms with Gasteiger partial charge >= 0.3 is 13.8 Å². The molecule has 2 aromatic carbocycles. The average molecular weight is 551 g/mol. The van der Waals surface area contributed by atoms with E-state index in [2.05, 4.69) is 24.3 Å². The Morgan fingerprint density at radius 1 is 0.861 bits per heavy atom. The maximum atomic E-state index is 12.5. The van der Waals surface area contributed by atoms with E-state index >= 15 is 0 Å². The topological polar surface area (TPSA) is 143 Å². The van der Waals surface area contributed by atoms with Crippen molar-refractivity contribution in [2.45, 2.75) is 25.7 Å². The molecule has 4 aromatic rings. The molecule has 9 nitrogen and oxygen atoms in total. The Bertz CT molecular complexity index is 1430. The van der Waals surface area contributed by atoms with Crippen LogP contribution in [0.2, 0.25) is 0 Å². The van der Waals surface area contributed by atoms with E-state index in [1.54, 1.807) is 22.7 Å². The van der Waals surface area contributed by atoms with Gasteiger partial charge in [0, 0.05) is 33.6 Å². The first-order valence-corrected chi connectivity index (χ1v) is 14.1. The molecule has 1 unspecified atom stereocenters. The van der Waals surface area contributed by atoms with Gasteiger partial charge in [-0.05, 0) is 33.7 Å². The molecular formula is C24H23O9PS2. The van der Waals surface area contributed by atoms with Gasteiger partial charge in [0.25, 0.3) is 0 Å². The van der Waals surface area contributed by atoms with Crippen LogP contribution in [0, 0.1) is 0 Å². The van der Waals surface area contributed by atoms with E-state index in [0.717, 1.165) is 31.3 Å². The molecule has 0 amide bonds. The highest BCUT2D eigenvalue weighted by Crippen LogP contribution is 2.32. The van der Waals surface area contributed by atoms with Gasteiger partial charge in [0.05, 0.1) is 0 Å². The van der Waals surface area contributed by atoms with E-state index in [1.807, 2.05) is 35.0 Å². The van der Waals surface area contributed by atoms with Crippen molar-refractivity contribution in [3.05, 3.63) is 81.9 Å². The van der Waals surface area contributed by atoms with E-state index in [9.17, 15) is 9.90 Å². The molecule has 190 valence electrons. The second-order valence-electron chi connectivity index (χ2n) is 7.70. The summed E-state index contributed by atoms with van der Waals surface area (Å²) in [4.78, 5) is 34.1. The molecule has 1 atom stereocenters. The van der Waals surface area contributed by atoms with Gasteiger partial charge in [-0.2, -0.15) is 0 Å². The number of hydrogen-bond donors (Lipinski definition) is 4. The lowest BCUT2D eigenvalue weighted by Crippen LogP contribution is -2.15. The molecule has 0 bridgehead atoms. The minimum Gasteiger partial charge on any atom is -0.485 e. The van der Waals surface area contributed by atoms with Crippen LogP contribution in [0.25, 0.3) is 20.2 Å². The third-order valence-electron chi connectivity index (χ3n) is 5.22. The standard InChI is InChI=1S/C24H20O5S2.H3O4P/c25-10-7-19-20(27-13-17-5-1-3-15-8-11-30-22(15)17)21(24(26)29-19)28-14-18-6-2-4-16-9-12-31-23(16)18;1-5(2,3)4/h1-6,8-9,11-12,19,25H,7,10,13-14H2;(H3,1,2,3,4). The Kier molecular flexibility index (Phi) is 8.43. The van der Waals surface area contributed by atoms with Crippen molar-refractivity contribution in [2.24, 2.45) is 0 Å². The van der Waals surface area contributed by atoms with Crippen LogP contribution in [0.4, 0.5) is 0 Å². The minimum absolute atomic E-state index is 0.0883. The number of thiophene rings is 2. The van der Waals surface area contributed by atoms with Gasteiger partial charge in [-0.1, -0.05) is 36.4 Å². The number of aliphatic hydroxyl groups is 1. The molecule has 0 saturated carbocycles. The smallest absolute Gasteiger partial charge is 0.466 e. The Labute approximate surface area is 214 Å². The third kappa shape index (κ3) is 6.51. The lowest BCUT2D eigenvalue weighted by molar-refractivity contribution is -0.143. The highest BCUT2D eigenvalue weighted by molar-refractivity contribution is 7.45. The first kappa shape index (κ1) is 26.3. The first-order chi connectivity index (χ1) is 17.2. The molecule has 2 aromatic heterocycles. The largest absolute Gasteiger partial charge is 0.485 e. The van der Waals surface area contributed by atoms with Gasteiger partial charge < -0.3 is 34.0 Å². The summed E-state index contributed by atoms with van der Waals surface area (Å²) >= 11 is 3.29. The van der Waals surface area contributed by atoms with E-state index in [0.29, 0.717) is 12.4 Å². The Hall–Kier alpha value is -2.76. The summed E-state index contributed by atoms with van der Waals surface area (Å²) in [5, 5.41) is 15.8. The number of esters is 1. The van der Waals surface area contributed by atoms with Crippen molar-refractivity contribution in [2.75, 3.05) is 6.61 Å². The molecule has 0 radical (unpaired) electrons. The zero-order valence-corrected chi connectivity index (χ0v) is 21.3. The van der Waals surface area contributed by atoms with Gasteiger partial charge in [-0.3, -0.25) is 0 Å². The van der Waals surface area contributed by atoms with Crippen molar-refractivity contribution >= 4 is 56.6 Å². The normalized spacial score (nSPS) is 15.7. The molecule has 5 rings (SSSR count). The molecule has 36 heavy (non-hydrogen) atoms. The Morgan fingerprint density at radius 2 is 1.39 bits per heavy atom. The van der Waals surface area contributed by atoms with Gasteiger partial charge in [-0.25, -0.2) is 9.36 Å². The van der Waals surface area contributed by atoms with Crippen molar-refractivity contribution in [3.8, 4) is 0 Å². The molecule has 0 saturated heterocycles. The van der Waals surface area contributed by atoms with Gasteiger partial charge in [0.1, 0.15) is 13.2 Å². The van der Waals surface area contributed by atoms with Crippen molar-refractivity contribution in [1.29, 1.82) is 0 Å². The minimum atomic E-state index is -4.64. The summed E-state index contributed by atoms with van der Waals surface area (Å²) in [7, 11) is -4.64. The van der Waals surface area contributed by atoms with Gasteiger partial charge in [-0.15, -0.1) is 22.7 Å². The molecule has 12 heteroatoms. The summed E-state index contributed by atoms with van der Waals surface area (Å²) in [6, 6.07) is 16.2. The number of rotatable bonds is 8. The maximum Gasteiger partial charge on any atom is 0.466 e. The average Bonchev–Trinajstić information content (AvgIpc) is 3.55. The SMILES string of the molecule is O=C1OC(CCO)C(OCc2cccc3ccsc23)=C1OCc1cccc2ccsc12.O=P(O)(O)O. The van der Waals surface area contributed by atoms with Crippen LogP contribution in [0.1, 0.15) is 17.5 Å². The number of fused-ring (bicyclic) bond motifs is 2. The molecule has 3 heterocycles. The number of aliphatic hydroxyl groups excluding tert-OH is 1. The summed E-state index contributed by atoms with van der Waals surface area (Å²) in [5.41, 5.74) is 2.03.